The van der Waals surface area contributed by atoms with Crippen LogP contribution in [0.4, 0.5) is 0 Å². The van der Waals surface area contributed by atoms with Gasteiger partial charge in [0.2, 0.25) is 10.3 Å². The van der Waals surface area contributed by atoms with Crippen LogP contribution in [0.3, 0.4) is 0 Å². The van der Waals surface area contributed by atoms with Crippen LogP contribution < -0.4 is 0 Å². The van der Waals surface area contributed by atoms with Gasteiger partial charge in [-0.15, -0.1) is 0 Å². The first-order valence-electron chi connectivity index (χ1n) is 7.79. The minimum atomic E-state index is 0.134. The summed E-state index contributed by atoms with van der Waals surface area (Å²) >= 11 is 6.75. The number of amides is 1. The fourth-order valence-electron chi connectivity index (χ4n) is 4.46. The largest absolute Gasteiger partial charge is 0.475 e. The Morgan fingerprint density at radius 3 is 2.82 bits per heavy atom. The van der Waals surface area contributed by atoms with Crippen LogP contribution in [0.25, 0.3) is 0 Å². The topological polar surface area (TPSA) is 29.5 Å². The summed E-state index contributed by atoms with van der Waals surface area (Å²) < 4.78 is 6.67. The summed E-state index contributed by atoms with van der Waals surface area (Å²) in [5.74, 6) is 1.30. The molecule has 3 nitrogen and oxygen atoms in total. The van der Waals surface area contributed by atoms with E-state index in [-0.39, 0.29) is 12.1 Å². The quantitative estimate of drug-likeness (QED) is 0.776. The third-order valence-corrected chi connectivity index (χ3v) is 6.44. The summed E-state index contributed by atoms with van der Waals surface area (Å²) in [5, 5.41) is 0. The Kier molecular flexibility index (Phi) is 3.65. The van der Waals surface area contributed by atoms with Crippen molar-refractivity contribution in [3.05, 3.63) is 35.9 Å². The lowest BCUT2D eigenvalue weighted by molar-refractivity contribution is -0.142. The van der Waals surface area contributed by atoms with Crippen LogP contribution in [0, 0.1) is 11.8 Å². The maximum Gasteiger partial charge on any atom is 0.223 e. The number of carbonyl (C=O) groups excluding carboxylic acids is 1. The Balaban J connectivity index is 1.65. The monoisotopic (exact) mass is 333 g/mol. The molecule has 1 aromatic rings. The normalized spacial score (nSPS) is 35.8. The van der Waals surface area contributed by atoms with Gasteiger partial charge in [-0.25, -0.2) is 0 Å². The Hall–Kier alpha value is -1.07. The number of hydrogen-bond acceptors (Lipinski definition) is 4. The van der Waals surface area contributed by atoms with E-state index in [9.17, 15) is 4.79 Å². The smallest absolute Gasteiger partial charge is 0.223 e. The second kappa shape index (κ2) is 5.53. The van der Waals surface area contributed by atoms with Gasteiger partial charge < -0.3 is 9.64 Å². The van der Waals surface area contributed by atoms with Crippen LogP contribution in [0.1, 0.15) is 30.9 Å². The van der Waals surface area contributed by atoms with Gasteiger partial charge in [0, 0.05) is 24.8 Å². The van der Waals surface area contributed by atoms with Crippen LogP contribution >= 0.6 is 24.0 Å². The first kappa shape index (κ1) is 14.5. The van der Waals surface area contributed by atoms with E-state index >= 15 is 0 Å². The van der Waals surface area contributed by atoms with Gasteiger partial charge in [0.1, 0.15) is 6.10 Å². The molecule has 3 aliphatic rings. The van der Waals surface area contributed by atoms with E-state index in [1.807, 2.05) is 24.5 Å². The molecule has 116 valence electrons. The molecule has 22 heavy (non-hydrogen) atoms. The average molecular weight is 333 g/mol. The van der Waals surface area contributed by atoms with Crippen LogP contribution in [-0.4, -0.2) is 33.6 Å². The van der Waals surface area contributed by atoms with Crippen molar-refractivity contribution in [2.75, 3.05) is 6.26 Å². The van der Waals surface area contributed by atoms with E-state index in [4.69, 9.17) is 17.0 Å². The number of piperidine rings is 1. The Bertz CT molecular complexity index is 606. The average Bonchev–Trinajstić information content (AvgIpc) is 2.80. The Labute approximate surface area is 140 Å². The minimum Gasteiger partial charge on any atom is -0.475 e. The minimum absolute atomic E-state index is 0.134. The second-order valence-corrected chi connectivity index (χ2v) is 7.84. The maximum atomic E-state index is 12.5. The molecule has 0 radical (unpaired) electrons. The molecule has 1 saturated carbocycles. The summed E-state index contributed by atoms with van der Waals surface area (Å²) in [6, 6.07) is 10.8. The highest BCUT2D eigenvalue weighted by Crippen LogP contribution is 2.56. The molecule has 0 spiro atoms. The van der Waals surface area contributed by atoms with Gasteiger partial charge in [-0.1, -0.05) is 42.1 Å². The molecule has 3 fully saturated rings. The molecule has 0 N–H and O–H groups in total. The molecular weight excluding hydrogens is 314 g/mol. The van der Waals surface area contributed by atoms with Crippen molar-refractivity contribution in [2.24, 2.45) is 11.8 Å². The maximum absolute atomic E-state index is 12.5. The summed E-state index contributed by atoms with van der Waals surface area (Å²) in [4.78, 5) is 14.6. The van der Waals surface area contributed by atoms with E-state index in [1.54, 1.807) is 0 Å². The van der Waals surface area contributed by atoms with Crippen molar-refractivity contribution >= 4 is 34.3 Å². The van der Waals surface area contributed by atoms with Crippen molar-refractivity contribution in [2.45, 2.75) is 37.5 Å². The van der Waals surface area contributed by atoms with Gasteiger partial charge in [0.15, 0.2) is 0 Å². The van der Waals surface area contributed by atoms with E-state index in [1.165, 1.54) is 17.3 Å². The van der Waals surface area contributed by atoms with Crippen molar-refractivity contribution in [1.82, 2.24) is 4.90 Å². The molecule has 5 heteroatoms. The fraction of sp³-hybridized carbons (Fsp3) is 0.529. The molecule has 1 aromatic carbocycles. The summed E-state index contributed by atoms with van der Waals surface area (Å²) in [6.07, 6.45) is 4.77. The zero-order valence-corrected chi connectivity index (χ0v) is 14.1. The van der Waals surface area contributed by atoms with Crippen molar-refractivity contribution < 1.29 is 9.53 Å². The van der Waals surface area contributed by atoms with Gasteiger partial charge in [-0.05, 0) is 36.4 Å². The Morgan fingerprint density at radius 1 is 1.32 bits per heavy atom. The molecule has 1 aliphatic carbocycles. The molecular formula is C17H19NO2S2. The molecule has 1 amide bonds. The van der Waals surface area contributed by atoms with Gasteiger partial charge >= 0.3 is 0 Å². The van der Waals surface area contributed by atoms with Crippen LogP contribution in [0.15, 0.2) is 30.3 Å². The standard InChI is InChI=1S/C17H19NO2S2/c1-22-17(21)20-14-9-13(10-5-3-2-4-6-10)18-15(19)8-11-7-12(14)16(11)18/h2-6,11-14,16H,7-9H2,1H3/t11-,12+,13-,14?,16+/m0/s1. The summed E-state index contributed by atoms with van der Waals surface area (Å²) in [7, 11) is 0. The third kappa shape index (κ3) is 2.17. The lowest BCUT2D eigenvalue weighted by Gasteiger charge is -2.54. The van der Waals surface area contributed by atoms with Gasteiger partial charge in [-0.3, -0.25) is 4.79 Å². The number of thioether (sulfide) groups is 1. The molecule has 1 unspecified atom stereocenters. The first-order valence-corrected chi connectivity index (χ1v) is 9.43. The lowest BCUT2D eigenvalue weighted by atomic mass is 9.64. The van der Waals surface area contributed by atoms with Crippen LogP contribution in [-0.2, 0) is 9.53 Å². The highest BCUT2D eigenvalue weighted by molar-refractivity contribution is 8.22. The number of carbonyl (C=O) groups is 1. The summed E-state index contributed by atoms with van der Waals surface area (Å²) in [6.45, 7) is 0. The number of thiocarbonyl (C=S) groups is 1. The Morgan fingerprint density at radius 2 is 2.09 bits per heavy atom. The first-order chi connectivity index (χ1) is 10.7. The lowest BCUT2D eigenvalue weighted by Crippen LogP contribution is -2.59. The highest BCUT2D eigenvalue weighted by atomic mass is 32.2. The number of hydrogen-bond donors (Lipinski definition) is 0. The van der Waals surface area contributed by atoms with Gasteiger partial charge in [-0.2, -0.15) is 0 Å². The molecule has 0 bridgehead atoms. The second-order valence-electron chi connectivity index (χ2n) is 6.43. The SMILES string of the molecule is CSC(=S)OC1C[C@@H](c2ccccc2)N2C(=O)C[C@@H]3C[C@H]1[C@@H]32. The molecule has 4 rings (SSSR count). The van der Waals surface area contributed by atoms with E-state index in [0.29, 0.717) is 34.6 Å². The molecule has 2 aliphatic heterocycles. The van der Waals surface area contributed by atoms with E-state index in [2.05, 4.69) is 17.0 Å². The number of benzene rings is 1. The molecule has 2 saturated heterocycles. The van der Waals surface area contributed by atoms with Gasteiger partial charge in [0.05, 0.1) is 6.04 Å². The zero-order valence-electron chi connectivity index (χ0n) is 12.5. The predicted octanol–water partition coefficient (Wildman–Crippen LogP) is 3.40. The number of ether oxygens (including phenoxy) is 1. The molecule has 2 heterocycles. The third-order valence-electron chi connectivity index (χ3n) is 5.41. The zero-order chi connectivity index (χ0) is 15.3. The molecule has 0 aromatic heterocycles. The van der Waals surface area contributed by atoms with Crippen LogP contribution in [0.5, 0.6) is 0 Å². The summed E-state index contributed by atoms with van der Waals surface area (Å²) in [5.41, 5.74) is 1.21. The van der Waals surface area contributed by atoms with Gasteiger partial charge in [0.25, 0.3) is 0 Å². The fourth-order valence-corrected chi connectivity index (χ4v) is 4.80. The van der Waals surface area contributed by atoms with Crippen molar-refractivity contribution in [3.63, 3.8) is 0 Å². The van der Waals surface area contributed by atoms with Crippen molar-refractivity contribution in [1.29, 1.82) is 0 Å². The number of rotatable bonds is 2. The van der Waals surface area contributed by atoms with Crippen molar-refractivity contribution in [3.8, 4) is 0 Å². The number of nitrogens with zero attached hydrogens (tertiary/aromatic N) is 1. The van der Waals surface area contributed by atoms with E-state index < -0.39 is 0 Å². The van der Waals surface area contributed by atoms with E-state index in [0.717, 1.165) is 12.8 Å². The highest BCUT2D eigenvalue weighted by Gasteiger charge is 2.60. The molecule has 5 atom stereocenters. The predicted molar refractivity (Wildman–Crippen MR) is 91.6 cm³/mol. The van der Waals surface area contributed by atoms with Crippen LogP contribution in [0.2, 0.25) is 0 Å².